The van der Waals surface area contributed by atoms with E-state index in [1.54, 1.807) is 76.4 Å². The molecule has 14 nitrogen and oxygen atoms in total. The van der Waals surface area contributed by atoms with Gasteiger partial charge in [-0.3, -0.25) is 19.2 Å². The quantitative estimate of drug-likeness (QED) is 0.215. The minimum Gasteiger partial charge on any atom is -0.507 e. The van der Waals surface area contributed by atoms with Gasteiger partial charge in [0.15, 0.2) is 0 Å². The molecule has 0 radical (unpaired) electrons. The normalized spacial score (nSPS) is 18.0. The van der Waals surface area contributed by atoms with Crippen LogP contribution in [0.4, 0.5) is 10.5 Å². The number of nitrogens with one attached hydrogen (secondary N) is 2. The Labute approximate surface area is 328 Å². The molecule has 3 aromatic carbocycles. The number of amides is 4. The molecule has 1 aromatic heterocycles. The van der Waals surface area contributed by atoms with Crippen molar-refractivity contribution in [3.8, 4) is 34.9 Å². The molecular formula is C41H40ClN7O7. The standard InChI is InChI=1S/C41H40ClN7O7/c42-31-11-14-35(50)33(25-31)36-30(26-48(46-36)18-4-17-43)10-7-28-8-12-32(13-9-28)44-38(51)34-27-56-41(15-21-54-22-16-41)49(34)39(52)37(29-5-2-1-3-6-29)45-40(53)47-19-23-55-24-20-47/h1-3,5-6,8-9,11-14,25-26,34,37,50H,4,15-16,18-24,27H2,(H,44,51)(H,45,53)/t34-,37+/m0/s1. The molecule has 3 aliphatic rings. The molecule has 3 saturated heterocycles. The van der Waals surface area contributed by atoms with Gasteiger partial charge in [-0.2, -0.15) is 10.4 Å². The van der Waals surface area contributed by atoms with Gasteiger partial charge in [0.25, 0.3) is 5.91 Å². The van der Waals surface area contributed by atoms with E-state index in [4.69, 9.17) is 31.1 Å². The molecule has 0 bridgehead atoms. The Morgan fingerprint density at radius 2 is 1.71 bits per heavy atom. The highest BCUT2D eigenvalue weighted by molar-refractivity contribution is 6.31. The second-order valence-corrected chi connectivity index (χ2v) is 14.0. The number of hydrogen-bond donors (Lipinski definition) is 3. The van der Waals surface area contributed by atoms with E-state index in [9.17, 15) is 19.5 Å². The topological polar surface area (TPSA) is 171 Å². The SMILES string of the molecule is N#CCCn1cc(C#Cc2ccc(NC(=O)[C@@H]3COC4(CCOCC4)N3C(=O)[C@H](NC(=O)N3CCOCC3)c3ccccc3)cc2)c(-c2cc(Cl)ccc2O)n1. The van der Waals surface area contributed by atoms with Gasteiger partial charge in [0.05, 0.1) is 57.6 Å². The minimum absolute atomic E-state index is 0.00734. The highest BCUT2D eigenvalue weighted by Gasteiger charge is 2.54. The number of anilines is 1. The fourth-order valence-corrected chi connectivity index (χ4v) is 7.20. The third-order valence-corrected chi connectivity index (χ3v) is 10.2. The first kappa shape index (κ1) is 38.4. The maximum Gasteiger partial charge on any atom is 0.318 e. The smallest absolute Gasteiger partial charge is 0.318 e. The Morgan fingerprint density at radius 3 is 2.45 bits per heavy atom. The number of nitriles is 1. The molecule has 2 atom stereocenters. The van der Waals surface area contributed by atoms with Crippen molar-refractivity contribution in [3.05, 3.63) is 101 Å². The number of aromatic nitrogens is 2. The Morgan fingerprint density at radius 1 is 0.982 bits per heavy atom. The number of phenols is 1. The number of nitrogens with zero attached hydrogens (tertiary/aromatic N) is 5. The molecule has 4 amide bonds. The first-order valence-electron chi connectivity index (χ1n) is 18.3. The van der Waals surface area contributed by atoms with Gasteiger partial charge in [-0.15, -0.1) is 0 Å². The predicted octanol–water partition coefficient (Wildman–Crippen LogP) is 4.68. The van der Waals surface area contributed by atoms with Crippen molar-refractivity contribution >= 4 is 35.1 Å². The van der Waals surface area contributed by atoms with Gasteiger partial charge in [0.2, 0.25) is 5.91 Å². The van der Waals surface area contributed by atoms with Gasteiger partial charge in [-0.1, -0.05) is 53.8 Å². The van der Waals surface area contributed by atoms with Gasteiger partial charge in [0, 0.05) is 54.0 Å². The van der Waals surface area contributed by atoms with Crippen LogP contribution in [0.2, 0.25) is 5.02 Å². The monoisotopic (exact) mass is 777 g/mol. The lowest BCUT2D eigenvalue weighted by molar-refractivity contribution is -0.172. The largest absolute Gasteiger partial charge is 0.507 e. The van der Waals surface area contributed by atoms with Crippen molar-refractivity contribution in [2.75, 3.05) is 51.4 Å². The molecule has 3 fully saturated rings. The molecule has 56 heavy (non-hydrogen) atoms. The van der Waals surface area contributed by atoms with E-state index < -0.39 is 35.7 Å². The van der Waals surface area contributed by atoms with Crippen LogP contribution in [0.1, 0.15) is 42.0 Å². The molecule has 4 aromatic rings. The molecule has 288 valence electrons. The maximum atomic E-state index is 14.8. The van der Waals surface area contributed by atoms with Crippen molar-refractivity contribution in [2.45, 2.75) is 43.6 Å². The fourth-order valence-electron chi connectivity index (χ4n) is 7.03. The number of halogens is 1. The summed E-state index contributed by atoms with van der Waals surface area (Å²) in [6.45, 7) is 2.61. The van der Waals surface area contributed by atoms with Gasteiger partial charge >= 0.3 is 6.03 Å². The first-order valence-corrected chi connectivity index (χ1v) is 18.7. The Kier molecular flexibility index (Phi) is 11.8. The molecule has 7 rings (SSSR count). The molecule has 1 spiro atoms. The number of ether oxygens (including phenoxy) is 3. The molecule has 3 aliphatic heterocycles. The minimum atomic E-state index is -1.09. The van der Waals surface area contributed by atoms with E-state index >= 15 is 0 Å². The van der Waals surface area contributed by atoms with Crippen LogP contribution < -0.4 is 10.6 Å². The van der Waals surface area contributed by atoms with Crippen molar-refractivity contribution < 1.29 is 33.7 Å². The molecule has 0 aliphatic carbocycles. The summed E-state index contributed by atoms with van der Waals surface area (Å²) < 4.78 is 19.0. The molecule has 3 N–H and O–H groups in total. The maximum absolute atomic E-state index is 14.8. The van der Waals surface area contributed by atoms with Crippen LogP contribution in [-0.4, -0.2) is 100 Å². The number of phenolic OH excluding ortho intramolecular Hbond substituents is 1. The van der Waals surface area contributed by atoms with Gasteiger partial charge in [-0.05, 0) is 48.0 Å². The molecule has 15 heteroatoms. The summed E-state index contributed by atoms with van der Waals surface area (Å²) in [6.07, 6.45) is 2.69. The van der Waals surface area contributed by atoms with E-state index in [1.165, 1.54) is 11.0 Å². The van der Waals surface area contributed by atoms with Crippen LogP contribution >= 0.6 is 11.6 Å². The first-order chi connectivity index (χ1) is 27.2. The highest BCUT2D eigenvalue weighted by Crippen LogP contribution is 2.39. The summed E-state index contributed by atoms with van der Waals surface area (Å²) in [5.41, 5.74) is 1.98. The number of benzene rings is 3. The number of aromatic hydroxyl groups is 1. The fraction of sp³-hybridized carbons (Fsp3) is 0.341. The van der Waals surface area contributed by atoms with Gasteiger partial charge in [-0.25, -0.2) is 4.79 Å². The number of carbonyl (C=O) groups excluding carboxylic acids is 3. The third kappa shape index (κ3) is 8.49. The second kappa shape index (κ2) is 17.3. The number of carbonyl (C=O) groups is 3. The number of urea groups is 1. The van der Waals surface area contributed by atoms with E-state index in [0.29, 0.717) is 97.6 Å². The Hall–Kier alpha value is -5.90. The average molecular weight is 778 g/mol. The molecule has 0 unspecified atom stereocenters. The van der Waals surface area contributed by atoms with E-state index in [-0.39, 0.29) is 18.8 Å². The van der Waals surface area contributed by atoms with E-state index in [1.807, 2.05) is 6.07 Å². The second-order valence-electron chi connectivity index (χ2n) is 13.5. The molecular weight excluding hydrogens is 738 g/mol. The summed E-state index contributed by atoms with van der Waals surface area (Å²) in [4.78, 5) is 45.4. The zero-order chi connectivity index (χ0) is 39.1. The van der Waals surface area contributed by atoms with Crippen LogP contribution in [0.5, 0.6) is 5.75 Å². The number of aryl methyl sites for hydroxylation is 1. The lowest BCUT2D eigenvalue weighted by Crippen LogP contribution is -2.60. The third-order valence-electron chi connectivity index (χ3n) is 9.94. The summed E-state index contributed by atoms with van der Waals surface area (Å²) in [5.74, 6) is 5.33. The number of rotatable bonds is 8. The van der Waals surface area contributed by atoms with Crippen molar-refractivity contribution in [1.82, 2.24) is 24.9 Å². The van der Waals surface area contributed by atoms with Crippen LogP contribution in [0, 0.1) is 23.2 Å². The van der Waals surface area contributed by atoms with Gasteiger partial charge in [0.1, 0.15) is 29.3 Å². The highest BCUT2D eigenvalue weighted by atomic mass is 35.5. The van der Waals surface area contributed by atoms with E-state index in [2.05, 4.69) is 33.6 Å². The zero-order valence-corrected chi connectivity index (χ0v) is 31.2. The van der Waals surface area contributed by atoms with Crippen molar-refractivity contribution in [2.24, 2.45) is 0 Å². The zero-order valence-electron chi connectivity index (χ0n) is 30.4. The average Bonchev–Trinajstić information content (AvgIpc) is 3.81. The molecule has 4 heterocycles. The summed E-state index contributed by atoms with van der Waals surface area (Å²) >= 11 is 6.21. The van der Waals surface area contributed by atoms with Crippen LogP contribution in [-0.2, 0) is 30.3 Å². The van der Waals surface area contributed by atoms with Crippen LogP contribution in [0.25, 0.3) is 11.3 Å². The van der Waals surface area contributed by atoms with Crippen LogP contribution in [0.3, 0.4) is 0 Å². The lowest BCUT2D eigenvalue weighted by Gasteiger charge is -2.42. The van der Waals surface area contributed by atoms with Gasteiger partial charge < -0.3 is 34.9 Å². The summed E-state index contributed by atoms with van der Waals surface area (Å²) in [7, 11) is 0. The van der Waals surface area contributed by atoms with Crippen molar-refractivity contribution in [1.29, 1.82) is 5.26 Å². The summed E-state index contributed by atoms with van der Waals surface area (Å²) in [5, 5.41) is 30.5. The van der Waals surface area contributed by atoms with E-state index in [0.717, 1.165) is 0 Å². The summed E-state index contributed by atoms with van der Waals surface area (Å²) in [6, 6.07) is 20.2. The number of hydrogen-bond acceptors (Lipinski definition) is 9. The van der Waals surface area contributed by atoms with Crippen LogP contribution in [0.15, 0.2) is 79.0 Å². The number of morpholine rings is 1. The molecule has 0 saturated carbocycles. The Balaban J connectivity index is 1.11. The Bertz CT molecular complexity index is 2170. The van der Waals surface area contributed by atoms with Crippen molar-refractivity contribution in [3.63, 3.8) is 0 Å². The lowest BCUT2D eigenvalue weighted by atomic mass is 9.97. The predicted molar refractivity (Wildman–Crippen MR) is 205 cm³/mol.